The van der Waals surface area contributed by atoms with Gasteiger partial charge in [-0.05, 0) is 39.2 Å². The minimum absolute atomic E-state index is 0.156. The summed E-state index contributed by atoms with van der Waals surface area (Å²) in [6.45, 7) is 2.69. The molecule has 1 atom stereocenters. The van der Waals surface area contributed by atoms with E-state index in [9.17, 15) is 0 Å². The van der Waals surface area contributed by atoms with Crippen molar-refractivity contribution in [3.8, 4) is 5.75 Å². The number of methoxy groups -OCH3 is 1. The van der Waals surface area contributed by atoms with Crippen molar-refractivity contribution in [3.63, 3.8) is 0 Å². The number of nitrogens with one attached hydrogen (secondary N) is 1. The van der Waals surface area contributed by atoms with Crippen molar-refractivity contribution in [2.75, 3.05) is 33.1 Å². The van der Waals surface area contributed by atoms with E-state index in [0.717, 1.165) is 33.9 Å². The van der Waals surface area contributed by atoms with Crippen molar-refractivity contribution in [2.45, 2.75) is 13.0 Å². The highest BCUT2D eigenvalue weighted by molar-refractivity contribution is 5.76. The van der Waals surface area contributed by atoms with Crippen LogP contribution in [0, 0.1) is 6.92 Å². The predicted molar refractivity (Wildman–Crippen MR) is 102 cm³/mol. The Morgan fingerprint density at radius 1 is 1.00 bits per heavy atom. The third-order valence-corrected chi connectivity index (χ3v) is 4.33. The van der Waals surface area contributed by atoms with E-state index in [4.69, 9.17) is 9.72 Å². The van der Waals surface area contributed by atoms with Gasteiger partial charge in [0, 0.05) is 12.1 Å². The quantitative estimate of drug-likeness (QED) is 0.744. The number of aryl methyl sites for hydroxylation is 1. The second-order valence-electron chi connectivity index (χ2n) is 6.25. The average molecular weight is 336 g/mol. The Morgan fingerprint density at radius 3 is 2.32 bits per heavy atom. The molecule has 3 aromatic rings. The summed E-state index contributed by atoms with van der Waals surface area (Å²) >= 11 is 0. The Morgan fingerprint density at radius 2 is 1.64 bits per heavy atom. The van der Waals surface area contributed by atoms with Crippen molar-refractivity contribution in [2.24, 2.45) is 0 Å². The van der Waals surface area contributed by atoms with Gasteiger partial charge in [0.2, 0.25) is 0 Å². The Balaban J connectivity index is 1.86. The Labute approximate surface area is 148 Å². The van der Waals surface area contributed by atoms with E-state index < -0.39 is 0 Å². The lowest BCUT2D eigenvalue weighted by Crippen LogP contribution is -2.27. The molecule has 0 aliphatic heterocycles. The molecule has 0 fully saturated rings. The summed E-state index contributed by atoms with van der Waals surface area (Å²) in [6, 6.07) is 16.2. The molecule has 5 nitrogen and oxygen atoms in total. The fourth-order valence-electron chi connectivity index (χ4n) is 2.96. The van der Waals surface area contributed by atoms with Gasteiger partial charge in [-0.15, -0.1) is 0 Å². The number of hydrogen-bond acceptors (Lipinski definition) is 5. The second-order valence-corrected chi connectivity index (χ2v) is 6.25. The van der Waals surface area contributed by atoms with Crippen LogP contribution in [0.3, 0.4) is 0 Å². The van der Waals surface area contributed by atoms with E-state index in [1.54, 1.807) is 7.11 Å². The first-order valence-electron chi connectivity index (χ1n) is 8.36. The van der Waals surface area contributed by atoms with Crippen LogP contribution in [0.5, 0.6) is 5.75 Å². The molecule has 0 bridgehead atoms. The van der Waals surface area contributed by atoms with E-state index in [2.05, 4.69) is 35.4 Å². The van der Waals surface area contributed by atoms with E-state index >= 15 is 0 Å². The van der Waals surface area contributed by atoms with Crippen LogP contribution in [-0.4, -0.2) is 42.6 Å². The molecule has 25 heavy (non-hydrogen) atoms. The number of fused-ring (bicyclic) bond motifs is 1. The summed E-state index contributed by atoms with van der Waals surface area (Å²) in [5.41, 5.74) is 3.86. The van der Waals surface area contributed by atoms with Gasteiger partial charge >= 0.3 is 0 Å². The van der Waals surface area contributed by atoms with Crippen molar-refractivity contribution >= 4 is 16.9 Å². The van der Waals surface area contributed by atoms with Crippen molar-refractivity contribution in [3.05, 3.63) is 59.8 Å². The first kappa shape index (κ1) is 17.2. The van der Waals surface area contributed by atoms with Gasteiger partial charge in [0.05, 0.1) is 29.9 Å². The predicted octanol–water partition coefficient (Wildman–Crippen LogP) is 3.66. The lowest BCUT2D eigenvalue weighted by Gasteiger charge is -2.27. The fraction of sp³-hybridized carbons (Fsp3) is 0.300. The number of nitrogens with zero attached hydrogens (tertiary/aromatic N) is 3. The number of aromatic nitrogens is 2. The molecule has 0 amide bonds. The Bertz CT molecular complexity index is 863. The molecule has 1 N–H and O–H groups in total. The number of para-hydroxylation sites is 3. The highest BCUT2D eigenvalue weighted by atomic mass is 16.5. The summed E-state index contributed by atoms with van der Waals surface area (Å²) < 4.78 is 5.53. The van der Waals surface area contributed by atoms with Gasteiger partial charge in [-0.3, -0.25) is 0 Å². The molecule has 5 heteroatoms. The van der Waals surface area contributed by atoms with Gasteiger partial charge in [-0.2, -0.15) is 0 Å². The molecule has 0 unspecified atom stereocenters. The normalized spacial score (nSPS) is 12.4. The van der Waals surface area contributed by atoms with Crippen molar-refractivity contribution < 1.29 is 4.74 Å². The molecule has 2 aromatic carbocycles. The number of benzene rings is 2. The maximum atomic E-state index is 5.53. The van der Waals surface area contributed by atoms with Crippen LogP contribution in [0.2, 0.25) is 0 Å². The molecule has 0 saturated carbocycles. The van der Waals surface area contributed by atoms with Gasteiger partial charge in [-0.1, -0.05) is 30.3 Å². The SMILES string of the molecule is COc1ccccc1[C@H](CNc1nc2ccccc2nc1C)N(C)C. The zero-order chi connectivity index (χ0) is 17.8. The van der Waals surface area contributed by atoms with Crippen LogP contribution in [0.25, 0.3) is 11.0 Å². The van der Waals surface area contributed by atoms with Crippen LogP contribution >= 0.6 is 0 Å². The molecular weight excluding hydrogens is 312 g/mol. The van der Waals surface area contributed by atoms with Crippen LogP contribution in [0.15, 0.2) is 48.5 Å². The lowest BCUT2D eigenvalue weighted by molar-refractivity contribution is 0.300. The Hall–Kier alpha value is -2.66. The molecule has 0 saturated heterocycles. The van der Waals surface area contributed by atoms with Crippen LogP contribution in [0.4, 0.5) is 5.82 Å². The fourth-order valence-corrected chi connectivity index (χ4v) is 2.96. The summed E-state index contributed by atoms with van der Waals surface area (Å²) in [6.07, 6.45) is 0. The van der Waals surface area contributed by atoms with E-state index in [-0.39, 0.29) is 6.04 Å². The lowest BCUT2D eigenvalue weighted by atomic mass is 10.0. The van der Waals surface area contributed by atoms with E-state index in [1.165, 1.54) is 0 Å². The maximum Gasteiger partial charge on any atom is 0.148 e. The summed E-state index contributed by atoms with van der Waals surface area (Å²) in [5, 5.41) is 3.47. The first-order valence-corrected chi connectivity index (χ1v) is 8.36. The second kappa shape index (κ2) is 7.49. The van der Waals surface area contributed by atoms with E-state index in [0.29, 0.717) is 6.54 Å². The molecule has 0 aliphatic rings. The minimum atomic E-state index is 0.156. The third kappa shape index (κ3) is 3.72. The monoisotopic (exact) mass is 336 g/mol. The summed E-state index contributed by atoms with van der Waals surface area (Å²) in [4.78, 5) is 11.5. The highest BCUT2D eigenvalue weighted by Gasteiger charge is 2.18. The molecule has 1 heterocycles. The van der Waals surface area contributed by atoms with Gasteiger partial charge in [0.25, 0.3) is 0 Å². The number of likely N-dealkylation sites (N-methyl/N-ethyl adjacent to an activating group) is 1. The van der Waals surface area contributed by atoms with Crippen LogP contribution in [0.1, 0.15) is 17.3 Å². The van der Waals surface area contributed by atoms with Gasteiger partial charge in [-0.25, -0.2) is 9.97 Å². The van der Waals surface area contributed by atoms with Crippen LogP contribution < -0.4 is 10.1 Å². The summed E-state index contributed by atoms with van der Waals surface area (Å²) in [5.74, 6) is 1.71. The smallest absolute Gasteiger partial charge is 0.148 e. The number of anilines is 1. The standard InChI is InChI=1S/C20H24N4O/c1-14-20(23-17-11-7-6-10-16(17)22-14)21-13-18(24(2)3)15-9-5-8-12-19(15)25-4/h5-12,18H,13H2,1-4H3,(H,21,23)/t18-/m0/s1. The molecule has 130 valence electrons. The number of hydrogen-bond donors (Lipinski definition) is 1. The molecular formula is C20H24N4O. The van der Waals surface area contributed by atoms with E-state index in [1.807, 2.05) is 49.4 Å². The molecule has 0 aliphatic carbocycles. The zero-order valence-electron chi connectivity index (χ0n) is 15.2. The molecule has 0 radical (unpaired) electrons. The maximum absolute atomic E-state index is 5.53. The largest absolute Gasteiger partial charge is 0.496 e. The van der Waals surface area contributed by atoms with Gasteiger partial charge < -0.3 is 15.0 Å². The molecule has 3 rings (SSSR count). The third-order valence-electron chi connectivity index (χ3n) is 4.33. The van der Waals surface area contributed by atoms with Crippen LogP contribution in [-0.2, 0) is 0 Å². The number of ether oxygens (including phenoxy) is 1. The van der Waals surface area contributed by atoms with Gasteiger partial charge in [0.1, 0.15) is 11.6 Å². The highest BCUT2D eigenvalue weighted by Crippen LogP contribution is 2.28. The summed E-state index contributed by atoms with van der Waals surface area (Å²) in [7, 11) is 5.84. The minimum Gasteiger partial charge on any atom is -0.496 e. The molecule has 1 aromatic heterocycles. The topological polar surface area (TPSA) is 50.3 Å². The Kier molecular flexibility index (Phi) is 5.14. The number of rotatable bonds is 6. The van der Waals surface area contributed by atoms with Crippen molar-refractivity contribution in [1.82, 2.24) is 14.9 Å². The molecule has 0 spiro atoms. The van der Waals surface area contributed by atoms with Crippen molar-refractivity contribution in [1.29, 1.82) is 0 Å². The average Bonchev–Trinajstić information content (AvgIpc) is 2.62. The zero-order valence-corrected chi connectivity index (χ0v) is 15.2. The first-order chi connectivity index (χ1) is 12.1. The van der Waals surface area contributed by atoms with Gasteiger partial charge in [0.15, 0.2) is 0 Å².